The molecule has 0 aliphatic carbocycles. The molecule has 2 N–H and O–H groups in total. The maximum atomic E-state index is 12.8. The van der Waals surface area contributed by atoms with E-state index < -0.39 is 0 Å². The van der Waals surface area contributed by atoms with Gasteiger partial charge in [0, 0.05) is 24.2 Å². The van der Waals surface area contributed by atoms with E-state index in [1.54, 1.807) is 6.07 Å². The maximum Gasteiger partial charge on any atom is 0.255 e. The van der Waals surface area contributed by atoms with Crippen LogP contribution in [0.25, 0.3) is 0 Å². The lowest BCUT2D eigenvalue weighted by Crippen LogP contribution is -2.47. The van der Waals surface area contributed by atoms with E-state index >= 15 is 0 Å². The Morgan fingerprint density at radius 3 is 2.50 bits per heavy atom. The molecule has 0 aromatic heterocycles. The molecular weight excluding hydrogens is 272 g/mol. The molecule has 1 heterocycles. The summed E-state index contributed by atoms with van der Waals surface area (Å²) < 4.78 is 0. The third-order valence-electron chi connectivity index (χ3n) is 4.65. The highest BCUT2D eigenvalue weighted by atomic mass is 16.2. The number of anilines is 1. The van der Waals surface area contributed by atoms with Gasteiger partial charge in [0.25, 0.3) is 5.91 Å². The Kier molecular flexibility index (Phi) is 3.88. The van der Waals surface area contributed by atoms with Crippen LogP contribution >= 0.6 is 0 Å². The molecule has 22 heavy (non-hydrogen) atoms. The van der Waals surface area contributed by atoms with Crippen LogP contribution in [0.4, 0.5) is 5.69 Å². The fourth-order valence-corrected chi connectivity index (χ4v) is 3.35. The number of nitrogens with zero attached hydrogens (tertiary/aromatic N) is 1. The lowest BCUT2D eigenvalue weighted by molar-refractivity contribution is 0.0652. The van der Waals surface area contributed by atoms with Gasteiger partial charge >= 0.3 is 0 Å². The van der Waals surface area contributed by atoms with E-state index in [-0.39, 0.29) is 11.3 Å². The molecular formula is C19H22N2O. The third-order valence-corrected chi connectivity index (χ3v) is 4.65. The number of piperidine rings is 1. The van der Waals surface area contributed by atoms with Crippen molar-refractivity contribution in [1.29, 1.82) is 0 Å². The number of nitrogen functional groups attached to an aromatic ring is 1. The van der Waals surface area contributed by atoms with Crippen molar-refractivity contribution >= 4 is 11.6 Å². The first-order valence-corrected chi connectivity index (χ1v) is 7.79. The SMILES string of the molecule is CC1(c2ccccc2)CCCN(C(=O)c2ccccc2N)C1. The number of benzene rings is 2. The number of carbonyl (C=O) groups is 1. The molecule has 1 atom stereocenters. The van der Waals surface area contributed by atoms with E-state index in [0.717, 1.165) is 25.9 Å². The topological polar surface area (TPSA) is 46.3 Å². The van der Waals surface area contributed by atoms with Gasteiger partial charge in [-0.1, -0.05) is 49.4 Å². The van der Waals surface area contributed by atoms with E-state index in [0.29, 0.717) is 11.3 Å². The van der Waals surface area contributed by atoms with Crippen molar-refractivity contribution in [3.8, 4) is 0 Å². The number of rotatable bonds is 2. The zero-order chi connectivity index (χ0) is 15.6. The fourth-order valence-electron chi connectivity index (χ4n) is 3.35. The molecule has 1 aliphatic rings. The molecule has 0 spiro atoms. The molecule has 2 aromatic rings. The summed E-state index contributed by atoms with van der Waals surface area (Å²) in [5.41, 5.74) is 8.44. The van der Waals surface area contributed by atoms with Crippen LogP contribution < -0.4 is 5.73 Å². The first-order chi connectivity index (χ1) is 10.6. The van der Waals surface area contributed by atoms with E-state index in [9.17, 15) is 4.79 Å². The molecule has 3 nitrogen and oxygen atoms in total. The Bertz CT molecular complexity index is 668. The summed E-state index contributed by atoms with van der Waals surface area (Å²) in [4.78, 5) is 14.7. The summed E-state index contributed by atoms with van der Waals surface area (Å²) in [5.74, 6) is 0.0416. The van der Waals surface area contributed by atoms with Gasteiger partial charge in [-0.05, 0) is 30.5 Å². The first kappa shape index (κ1) is 14.6. The predicted octanol–water partition coefficient (Wildman–Crippen LogP) is 3.46. The molecule has 0 saturated carbocycles. The minimum Gasteiger partial charge on any atom is -0.398 e. The minimum absolute atomic E-state index is 0.0126. The predicted molar refractivity (Wildman–Crippen MR) is 89.8 cm³/mol. The van der Waals surface area contributed by atoms with E-state index in [1.165, 1.54) is 5.56 Å². The summed E-state index contributed by atoms with van der Waals surface area (Å²) in [7, 11) is 0. The van der Waals surface area contributed by atoms with Crippen LogP contribution in [0.15, 0.2) is 54.6 Å². The second kappa shape index (κ2) is 5.84. The van der Waals surface area contributed by atoms with Crippen molar-refractivity contribution in [1.82, 2.24) is 4.90 Å². The van der Waals surface area contributed by atoms with Gasteiger partial charge < -0.3 is 10.6 Å². The molecule has 1 fully saturated rings. The van der Waals surface area contributed by atoms with Crippen LogP contribution in [0.3, 0.4) is 0 Å². The number of nitrogens with two attached hydrogens (primary N) is 1. The fraction of sp³-hybridized carbons (Fsp3) is 0.316. The number of hydrogen-bond acceptors (Lipinski definition) is 2. The molecule has 0 radical (unpaired) electrons. The van der Waals surface area contributed by atoms with E-state index in [4.69, 9.17) is 5.73 Å². The summed E-state index contributed by atoms with van der Waals surface area (Å²) >= 11 is 0. The molecule has 3 rings (SSSR count). The summed E-state index contributed by atoms with van der Waals surface area (Å²) in [6.07, 6.45) is 2.12. The van der Waals surface area contributed by atoms with Gasteiger partial charge in [0.15, 0.2) is 0 Å². The van der Waals surface area contributed by atoms with Crippen molar-refractivity contribution in [2.75, 3.05) is 18.8 Å². The van der Waals surface area contributed by atoms with Crippen LogP contribution in [0, 0.1) is 0 Å². The number of likely N-dealkylation sites (tertiary alicyclic amines) is 1. The highest BCUT2D eigenvalue weighted by Gasteiger charge is 2.35. The van der Waals surface area contributed by atoms with Gasteiger partial charge in [-0.25, -0.2) is 0 Å². The quantitative estimate of drug-likeness (QED) is 0.862. The standard InChI is InChI=1S/C19H22N2O/c1-19(15-8-3-2-4-9-15)12-7-13-21(14-19)18(22)16-10-5-6-11-17(16)20/h2-6,8-11H,7,12-14,20H2,1H3. The molecule has 0 bridgehead atoms. The zero-order valence-electron chi connectivity index (χ0n) is 13.0. The normalized spacial score (nSPS) is 21.6. The molecule has 114 valence electrons. The number of para-hydroxylation sites is 1. The Labute approximate surface area is 131 Å². The average Bonchev–Trinajstić information content (AvgIpc) is 2.56. The van der Waals surface area contributed by atoms with Crippen molar-refractivity contribution in [3.05, 3.63) is 65.7 Å². The first-order valence-electron chi connectivity index (χ1n) is 7.79. The molecule has 2 aromatic carbocycles. The van der Waals surface area contributed by atoms with Crippen molar-refractivity contribution < 1.29 is 4.79 Å². The summed E-state index contributed by atoms with van der Waals surface area (Å²) in [5, 5.41) is 0. The Balaban J connectivity index is 1.85. The lowest BCUT2D eigenvalue weighted by Gasteiger charge is -2.41. The van der Waals surface area contributed by atoms with Gasteiger partial charge in [0.05, 0.1) is 5.56 Å². The average molecular weight is 294 g/mol. The van der Waals surface area contributed by atoms with Crippen molar-refractivity contribution in [2.45, 2.75) is 25.2 Å². The zero-order valence-corrected chi connectivity index (χ0v) is 13.0. The Hall–Kier alpha value is -2.29. The van der Waals surface area contributed by atoms with Gasteiger partial charge in [-0.2, -0.15) is 0 Å². The molecule has 1 aliphatic heterocycles. The monoisotopic (exact) mass is 294 g/mol. The highest BCUT2D eigenvalue weighted by Crippen LogP contribution is 2.34. The number of amides is 1. The van der Waals surface area contributed by atoms with E-state index in [1.807, 2.05) is 29.2 Å². The lowest BCUT2D eigenvalue weighted by atomic mass is 9.76. The van der Waals surface area contributed by atoms with Crippen LogP contribution in [0.2, 0.25) is 0 Å². The van der Waals surface area contributed by atoms with Gasteiger partial charge in [0.2, 0.25) is 0 Å². The van der Waals surface area contributed by atoms with Crippen LogP contribution in [-0.2, 0) is 5.41 Å². The summed E-state index contributed by atoms with van der Waals surface area (Å²) in [6.45, 7) is 3.79. The van der Waals surface area contributed by atoms with Gasteiger partial charge in [0.1, 0.15) is 0 Å². The second-order valence-electron chi connectivity index (χ2n) is 6.34. The van der Waals surface area contributed by atoms with Gasteiger partial charge in [-0.3, -0.25) is 4.79 Å². The Morgan fingerprint density at radius 2 is 1.77 bits per heavy atom. The van der Waals surface area contributed by atoms with E-state index in [2.05, 4.69) is 31.2 Å². The highest BCUT2D eigenvalue weighted by molar-refractivity contribution is 5.99. The Morgan fingerprint density at radius 1 is 1.09 bits per heavy atom. The van der Waals surface area contributed by atoms with Crippen LogP contribution in [0.1, 0.15) is 35.7 Å². The molecule has 1 unspecified atom stereocenters. The molecule has 3 heteroatoms. The van der Waals surface area contributed by atoms with Crippen LogP contribution in [0.5, 0.6) is 0 Å². The van der Waals surface area contributed by atoms with Crippen molar-refractivity contribution in [2.24, 2.45) is 0 Å². The second-order valence-corrected chi connectivity index (χ2v) is 6.34. The molecule has 1 saturated heterocycles. The smallest absolute Gasteiger partial charge is 0.255 e. The van der Waals surface area contributed by atoms with Gasteiger partial charge in [-0.15, -0.1) is 0 Å². The third kappa shape index (κ3) is 2.71. The minimum atomic E-state index is 0.0126. The van der Waals surface area contributed by atoms with Crippen LogP contribution in [-0.4, -0.2) is 23.9 Å². The summed E-state index contributed by atoms with van der Waals surface area (Å²) in [6, 6.07) is 17.8. The molecule has 1 amide bonds. The number of carbonyl (C=O) groups excluding carboxylic acids is 1. The largest absolute Gasteiger partial charge is 0.398 e. The number of hydrogen-bond donors (Lipinski definition) is 1. The maximum absolute atomic E-state index is 12.8. The van der Waals surface area contributed by atoms with Crippen molar-refractivity contribution in [3.63, 3.8) is 0 Å².